The van der Waals surface area contributed by atoms with Crippen molar-refractivity contribution >= 4 is 81.4 Å². The molecule has 0 aromatic carbocycles. The summed E-state index contributed by atoms with van der Waals surface area (Å²) in [4.78, 5) is 10.3. The average molecular weight is 353 g/mol. The lowest BCUT2D eigenvalue weighted by atomic mass is 10.7. The molecule has 16 heavy (non-hydrogen) atoms. The minimum absolute atomic E-state index is 0.373. The number of halogens is 6. The van der Waals surface area contributed by atoms with Crippen molar-refractivity contribution in [2.45, 2.75) is 7.59 Å². The number of carbonyl (C=O) groups excluding carboxylic acids is 1. The Hall–Kier alpha value is 0.680. The molecule has 0 saturated heterocycles. The Morgan fingerprint density at radius 3 is 1.50 bits per heavy atom. The number of rotatable bonds is 0. The molecule has 0 atom stereocenters. The van der Waals surface area contributed by atoms with Crippen LogP contribution in [0.2, 0.25) is 0 Å². The Balaban J connectivity index is 0. The highest BCUT2D eigenvalue weighted by molar-refractivity contribution is 6.76. The second-order valence-corrected chi connectivity index (χ2v) is 6.67. The van der Waals surface area contributed by atoms with Crippen LogP contribution in [0.4, 0.5) is 0 Å². The van der Waals surface area contributed by atoms with Gasteiger partial charge in [0.25, 0.3) is 13.5 Å². The van der Waals surface area contributed by atoms with E-state index >= 15 is 0 Å². The van der Waals surface area contributed by atoms with Gasteiger partial charge >= 0.3 is 0 Å². The predicted octanol–water partition coefficient (Wildman–Crippen LogP) is 3.08. The molecule has 0 rings (SSSR count). The molecule has 1 amide bonds. The Bertz CT molecular complexity index is 220. The molecule has 0 aliphatic heterocycles. The van der Waals surface area contributed by atoms with E-state index in [1.54, 1.807) is 0 Å². The molecular formula is C6H8Cl6N2O2. The van der Waals surface area contributed by atoms with E-state index in [0.717, 1.165) is 0 Å². The number of nitrogens with one attached hydrogen (secondary N) is 2. The van der Waals surface area contributed by atoms with Gasteiger partial charge in [0.05, 0.1) is 7.11 Å². The number of hydrogen-bond donors (Lipinski definition) is 2. The van der Waals surface area contributed by atoms with Gasteiger partial charge in [-0.1, -0.05) is 69.6 Å². The third-order valence-corrected chi connectivity index (χ3v) is 1.98. The standard InChI is InChI=1S/2C3H4Cl3NO/c1-8-2(7)3(4,5)6;1-7-2(8)3(4,5)6/h7H,1H3;1H3,(H,7,8). The summed E-state index contributed by atoms with van der Waals surface area (Å²) in [6, 6.07) is 0. The number of ether oxygens (including phenoxy) is 1. The Kier molecular flexibility index (Phi) is 9.40. The molecule has 0 spiro atoms. The molecule has 0 unspecified atom stereocenters. The summed E-state index contributed by atoms with van der Waals surface area (Å²) in [5.74, 6) is -0.995. The Morgan fingerprint density at radius 2 is 1.50 bits per heavy atom. The van der Waals surface area contributed by atoms with Gasteiger partial charge in [-0.25, -0.2) is 0 Å². The molecule has 0 fully saturated rings. The van der Waals surface area contributed by atoms with Crippen LogP contribution in [0.5, 0.6) is 0 Å². The van der Waals surface area contributed by atoms with Gasteiger partial charge in [0.2, 0.25) is 5.90 Å². The monoisotopic (exact) mass is 350 g/mol. The molecule has 2 N–H and O–H groups in total. The molecule has 0 aromatic heterocycles. The molecule has 0 radical (unpaired) electrons. The summed E-state index contributed by atoms with van der Waals surface area (Å²) in [7, 11) is 2.66. The van der Waals surface area contributed by atoms with Crippen LogP contribution in [0.1, 0.15) is 0 Å². The van der Waals surface area contributed by atoms with Gasteiger partial charge in [-0.2, -0.15) is 0 Å². The molecule has 0 heterocycles. The van der Waals surface area contributed by atoms with Crippen molar-refractivity contribution in [2.75, 3.05) is 14.2 Å². The lowest BCUT2D eigenvalue weighted by Gasteiger charge is -2.08. The van der Waals surface area contributed by atoms with Crippen LogP contribution in [0.3, 0.4) is 0 Å². The topological polar surface area (TPSA) is 62.2 Å². The molecule has 4 nitrogen and oxygen atoms in total. The molecule has 96 valence electrons. The second-order valence-electron chi connectivity index (χ2n) is 2.11. The number of hydrogen-bond acceptors (Lipinski definition) is 3. The summed E-state index contributed by atoms with van der Waals surface area (Å²) < 4.78 is 0.764. The molecule has 0 aliphatic carbocycles. The van der Waals surface area contributed by atoms with Crippen molar-refractivity contribution in [3.05, 3.63) is 0 Å². The van der Waals surface area contributed by atoms with Crippen LogP contribution in [-0.4, -0.2) is 33.5 Å². The van der Waals surface area contributed by atoms with Gasteiger partial charge in [-0.05, 0) is 0 Å². The minimum atomic E-state index is -1.82. The van der Waals surface area contributed by atoms with Crippen LogP contribution >= 0.6 is 69.6 Å². The van der Waals surface area contributed by atoms with Gasteiger partial charge in [-0.15, -0.1) is 0 Å². The second kappa shape index (κ2) is 7.90. The van der Waals surface area contributed by atoms with Gasteiger partial charge < -0.3 is 10.1 Å². The first-order valence-corrected chi connectivity index (χ1v) is 5.72. The summed E-state index contributed by atoms with van der Waals surface area (Å²) in [6.45, 7) is 0. The molecule has 0 saturated carbocycles. The number of alkyl halides is 6. The Labute approximate surface area is 123 Å². The van der Waals surface area contributed by atoms with Crippen LogP contribution in [0.25, 0.3) is 0 Å². The van der Waals surface area contributed by atoms with Gasteiger partial charge in [0.1, 0.15) is 0 Å². The summed E-state index contributed by atoms with van der Waals surface area (Å²) >= 11 is 30.8. The van der Waals surface area contributed by atoms with E-state index in [1.807, 2.05) is 0 Å². The number of carbonyl (C=O) groups is 1. The highest BCUT2D eigenvalue weighted by Crippen LogP contribution is 2.27. The maximum absolute atomic E-state index is 10.3. The normalized spacial score (nSPS) is 11.0. The lowest BCUT2D eigenvalue weighted by molar-refractivity contribution is -0.119. The third-order valence-electron chi connectivity index (χ3n) is 0.946. The highest BCUT2D eigenvalue weighted by Gasteiger charge is 2.29. The zero-order valence-corrected chi connectivity index (χ0v) is 12.6. The SMILES string of the molecule is CNC(=O)C(Cl)(Cl)Cl.COC(=N)C(Cl)(Cl)Cl. The fourth-order valence-corrected chi connectivity index (χ4v) is 0.772. The third kappa shape index (κ3) is 9.87. The minimum Gasteiger partial charge on any atom is -0.481 e. The predicted molar refractivity (Wildman–Crippen MR) is 69.4 cm³/mol. The smallest absolute Gasteiger partial charge is 0.271 e. The van der Waals surface area contributed by atoms with E-state index in [2.05, 4.69) is 10.1 Å². The number of methoxy groups -OCH3 is 1. The molecule has 0 aromatic rings. The van der Waals surface area contributed by atoms with E-state index in [4.69, 9.17) is 75.0 Å². The maximum Gasteiger partial charge on any atom is 0.271 e. The zero-order chi connectivity index (χ0) is 13.6. The highest BCUT2D eigenvalue weighted by atomic mass is 35.6. The molecule has 0 aliphatic rings. The maximum atomic E-state index is 10.3. The first kappa shape index (κ1) is 19.0. The van der Waals surface area contributed by atoms with Crippen molar-refractivity contribution in [2.24, 2.45) is 0 Å². The average Bonchev–Trinajstić information content (AvgIpc) is 2.13. The first-order chi connectivity index (χ1) is 6.96. The van der Waals surface area contributed by atoms with Crippen molar-refractivity contribution in [3.63, 3.8) is 0 Å². The van der Waals surface area contributed by atoms with Gasteiger partial charge in [0, 0.05) is 7.05 Å². The van der Waals surface area contributed by atoms with Crippen molar-refractivity contribution in [1.82, 2.24) is 5.32 Å². The van der Waals surface area contributed by atoms with Crippen LogP contribution < -0.4 is 5.32 Å². The largest absolute Gasteiger partial charge is 0.481 e. The Morgan fingerprint density at radius 1 is 1.12 bits per heavy atom. The summed E-state index contributed by atoms with van der Waals surface area (Å²) in [5, 5.41) is 8.94. The number of amides is 1. The van der Waals surface area contributed by atoms with Crippen LogP contribution in [0.15, 0.2) is 0 Å². The summed E-state index contributed by atoms with van der Waals surface area (Å²) in [6.07, 6.45) is 0. The fourth-order valence-electron chi connectivity index (χ4n) is 0.257. The lowest BCUT2D eigenvalue weighted by Crippen LogP contribution is -2.31. The van der Waals surface area contributed by atoms with Crippen molar-refractivity contribution < 1.29 is 9.53 Å². The van der Waals surface area contributed by atoms with Crippen LogP contribution in [0, 0.1) is 5.41 Å². The van der Waals surface area contributed by atoms with E-state index in [-0.39, 0.29) is 5.90 Å². The van der Waals surface area contributed by atoms with E-state index < -0.39 is 13.5 Å². The first-order valence-electron chi connectivity index (χ1n) is 3.45. The van der Waals surface area contributed by atoms with Gasteiger partial charge in [-0.3, -0.25) is 10.2 Å². The van der Waals surface area contributed by atoms with E-state index in [1.165, 1.54) is 14.2 Å². The quantitative estimate of drug-likeness (QED) is 0.400. The molecular weight excluding hydrogens is 345 g/mol. The summed E-state index contributed by atoms with van der Waals surface area (Å²) in [5.41, 5.74) is 0. The van der Waals surface area contributed by atoms with Crippen molar-refractivity contribution in [3.8, 4) is 0 Å². The van der Waals surface area contributed by atoms with E-state index in [0.29, 0.717) is 0 Å². The van der Waals surface area contributed by atoms with Crippen LogP contribution in [-0.2, 0) is 9.53 Å². The molecule has 10 heteroatoms. The zero-order valence-electron chi connectivity index (χ0n) is 8.08. The van der Waals surface area contributed by atoms with E-state index in [9.17, 15) is 4.79 Å². The molecule has 0 bridgehead atoms. The van der Waals surface area contributed by atoms with Gasteiger partial charge in [0.15, 0.2) is 0 Å². The fraction of sp³-hybridized carbons (Fsp3) is 0.667. The van der Waals surface area contributed by atoms with Crippen molar-refractivity contribution in [1.29, 1.82) is 5.41 Å².